The number of carbonyl (C=O) groups is 1. The van der Waals surface area contributed by atoms with Crippen molar-refractivity contribution in [3.8, 4) is 5.75 Å². The Morgan fingerprint density at radius 2 is 2.13 bits per heavy atom. The maximum Gasteiger partial charge on any atom is 0.150 e. The highest BCUT2D eigenvalue weighted by atomic mass is 35.5. The summed E-state index contributed by atoms with van der Waals surface area (Å²) in [4.78, 5) is 10.4. The van der Waals surface area contributed by atoms with Crippen molar-refractivity contribution in [2.45, 2.75) is 0 Å². The Morgan fingerprint density at radius 1 is 1.33 bits per heavy atom. The predicted molar refractivity (Wildman–Crippen MR) is 62.2 cm³/mol. The lowest BCUT2D eigenvalue weighted by atomic mass is 10.2. The number of hydrogen-bond donors (Lipinski definition) is 0. The van der Waals surface area contributed by atoms with Gasteiger partial charge in [0.2, 0.25) is 0 Å². The minimum Gasteiger partial charge on any atom is -0.488 e. The lowest BCUT2D eigenvalue weighted by Crippen LogP contribution is -1.94. The van der Waals surface area contributed by atoms with Crippen LogP contribution in [0.1, 0.15) is 10.4 Å². The summed E-state index contributed by atoms with van der Waals surface area (Å²) in [5, 5.41) is 0.430. The first kappa shape index (κ1) is 12.1. The van der Waals surface area contributed by atoms with Crippen molar-refractivity contribution in [2.75, 3.05) is 12.5 Å². The van der Waals surface area contributed by atoms with E-state index in [9.17, 15) is 4.79 Å². The molecule has 0 radical (unpaired) electrons. The van der Waals surface area contributed by atoms with Gasteiger partial charge in [-0.1, -0.05) is 23.8 Å². The molecule has 0 heterocycles. The van der Waals surface area contributed by atoms with Gasteiger partial charge in [0.25, 0.3) is 0 Å². The number of halogens is 2. The maximum atomic E-state index is 10.4. The van der Waals surface area contributed by atoms with Gasteiger partial charge in [-0.3, -0.25) is 4.79 Å². The predicted octanol–water partition coefficient (Wildman–Crippen LogP) is 3.33. The van der Waals surface area contributed by atoms with Crippen LogP contribution in [-0.4, -0.2) is 18.8 Å². The third-order valence-corrected chi connectivity index (χ3v) is 2.16. The van der Waals surface area contributed by atoms with Crippen molar-refractivity contribution >= 4 is 29.5 Å². The number of ether oxygens (including phenoxy) is 1. The van der Waals surface area contributed by atoms with Crippen LogP contribution in [0.3, 0.4) is 0 Å². The van der Waals surface area contributed by atoms with Gasteiger partial charge in [0.1, 0.15) is 18.6 Å². The van der Waals surface area contributed by atoms with Crippen LogP contribution >= 0.6 is 23.2 Å². The SMILES string of the molecule is O=Cc1ccc(OC/C=C/CCl)c(Cl)c1. The van der Waals surface area contributed by atoms with Gasteiger partial charge in [0.15, 0.2) is 0 Å². The van der Waals surface area contributed by atoms with E-state index < -0.39 is 0 Å². The van der Waals surface area contributed by atoms with Crippen LogP contribution in [0.25, 0.3) is 0 Å². The number of alkyl halides is 1. The van der Waals surface area contributed by atoms with E-state index in [1.165, 1.54) is 0 Å². The Bertz CT molecular complexity index is 362. The molecule has 2 nitrogen and oxygen atoms in total. The largest absolute Gasteiger partial charge is 0.488 e. The van der Waals surface area contributed by atoms with Crippen molar-refractivity contribution in [1.29, 1.82) is 0 Å². The molecule has 80 valence electrons. The van der Waals surface area contributed by atoms with E-state index in [1.54, 1.807) is 30.4 Å². The highest BCUT2D eigenvalue weighted by molar-refractivity contribution is 6.32. The van der Waals surface area contributed by atoms with Gasteiger partial charge in [-0.15, -0.1) is 11.6 Å². The number of benzene rings is 1. The fourth-order valence-electron chi connectivity index (χ4n) is 0.976. The number of allylic oxidation sites excluding steroid dienone is 1. The van der Waals surface area contributed by atoms with Crippen LogP contribution in [0.2, 0.25) is 5.02 Å². The van der Waals surface area contributed by atoms with Crippen LogP contribution < -0.4 is 4.74 Å². The Kier molecular flexibility index (Phi) is 5.22. The molecule has 0 spiro atoms. The summed E-state index contributed by atoms with van der Waals surface area (Å²) in [6.07, 6.45) is 4.33. The van der Waals surface area contributed by atoms with Gasteiger partial charge >= 0.3 is 0 Å². The molecule has 0 N–H and O–H groups in total. The zero-order valence-electron chi connectivity index (χ0n) is 7.95. The van der Waals surface area contributed by atoms with Gasteiger partial charge in [0.05, 0.1) is 5.02 Å². The first-order chi connectivity index (χ1) is 7.27. The number of hydrogen-bond acceptors (Lipinski definition) is 2. The van der Waals surface area contributed by atoms with E-state index in [1.807, 2.05) is 0 Å². The number of carbonyl (C=O) groups excluding carboxylic acids is 1. The molecule has 1 aromatic carbocycles. The molecule has 0 aliphatic heterocycles. The lowest BCUT2D eigenvalue weighted by Gasteiger charge is -2.05. The summed E-state index contributed by atoms with van der Waals surface area (Å²) in [5.74, 6) is 1.02. The Labute approximate surface area is 98.4 Å². The number of aldehydes is 1. The highest BCUT2D eigenvalue weighted by Gasteiger charge is 2.01. The van der Waals surface area contributed by atoms with E-state index in [0.29, 0.717) is 28.8 Å². The molecular formula is C11H10Cl2O2. The van der Waals surface area contributed by atoms with E-state index in [0.717, 1.165) is 6.29 Å². The molecule has 15 heavy (non-hydrogen) atoms. The van der Waals surface area contributed by atoms with Crippen LogP contribution in [0, 0.1) is 0 Å². The summed E-state index contributed by atoms with van der Waals surface area (Å²) < 4.78 is 5.35. The van der Waals surface area contributed by atoms with Gasteiger partial charge in [-0.05, 0) is 18.2 Å². The third-order valence-electron chi connectivity index (χ3n) is 1.68. The summed E-state index contributed by atoms with van der Waals surface area (Å²) >= 11 is 11.3. The average Bonchev–Trinajstić information content (AvgIpc) is 2.26. The van der Waals surface area contributed by atoms with E-state index in [-0.39, 0.29) is 0 Å². The van der Waals surface area contributed by atoms with Crippen LogP contribution in [-0.2, 0) is 0 Å². The standard InChI is InChI=1S/C11H10Cl2O2/c12-5-1-2-6-15-11-4-3-9(8-14)7-10(11)13/h1-4,7-8H,5-6H2/b2-1+. The highest BCUT2D eigenvalue weighted by Crippen LogP contribution is 2.24. The fraction of sp³-hybridized carbons (Fsp3) is 0.182. The molecule has 1 rings (SSSR count). The third kappa shape index (κ3) is 3.94. The van der Waals surface area contributed by atoms with Crippen molar-refractivity contribution < 1.29 is 9.53 Å². The molecular weight excluding hydrogens is 235 g/mol. The minimum absolute atomic E-state index is 0.410. The van der Waals surface area contributed by atoms with Crippen molar-refractivity contribution in [3.05, 3.63) is 40.9 Å². The quantitative estimate of drug-likeness (QED) is 0.452. The van der Waals surface area contributed by atoms with E-state index in [2.05, 4.69) is 0 Å². The lowest BCUT2D eigenvalue weighted by molar-refractivity contribution is 0.112. The monoisotopic (exact) mass is 244 g/mol. The molecule has 0 amide bonds. The normalized spacial score (nSPS) is 10.5. The Morgan fingerprint density at radius 3 is 2.73 bits per heavy atom. The van der Waals surface area contributed by atoms with E-state index in [4.69, 9.17) is 27.9 Å². The molecule has 4 heteroatoms. The fourth-order valence-corrected chi connectivity index (χ4v) is 1.35. The molecule has 0 aromatic heterocycles. The van der Waals surface area contributed by atoms with Crippen molar-refractivity contribution in [2.24, 2.45) is 0 Å². The minimum atomic E-state index is 0.410. The average molecular weight is 245 g/mol. The molecule has 0 atom stereocenters. The molecule has 0 saturated carbocycles. The first-order valence-corrected chi connectivity index (χ1v) is 5.27. The smallest absolute Gasteiger partial charge is 0.150 e. The van der Waals surface area contributed by atoms with Crippen molar-refractivity contribution in [3.63, 3.8) is 0 Å². The van der Waals surface area contributed by atoms with Gasteiger partial charge in [-0.25, -0.2) is 0 Å². The second kappa shape index (κ2) is 6.49. The van der Waals surface area contributed by atoms with Crippen LogP contribution in [0.5, 0.6) is 5.75 Å². The molecule has 0 bridgehead atoms. The summed E-state index contributed by atoms with van der Waals surface area (Å²) in [6.45, 7) is 0.410. The van der Waals surface area contributed by atoms with Gasteiger partial charge < -0.3 is 4.74 Å². The second-order valence-corrected chi connectivity index (χ2v) is 3.46. The van der Waals surface area contributed by atoms with Crippen LogP contribution in [0.4, 0.5) is 0 Å². The molecule has 0 fully saturated rings. The topological polar surface area (TPSA) is 26.3 Å². The summed E-state index contributed by atoms with van der Waals surface area (Å²) in [6, 6.07) is 4.88. The molecule has 0 aliphatic carbocycles. The zero-order chi connectivity index (χ0) is 11.1. The second-order valence-electron chi connectivity index (χ2n) is 2.74. The molecule has 0 aliphatic rings. The summed E-state index contributed by atoms with van der Waals surface area (Å²) in [7, 11) is 0. The zero-order valence-corrected chi connectivity index (χ0v) is 9.46. The first-order valence-electron chi connectivity index (χ1n) is 4.36. The molecule has 0 saturated heterocycles. The van der Waals surface area contributed by atoms with Crippen LogP contribution in [0.15, 0.2) is 30.4 Å². The van der Waals surface area contributed by atoms with E-state index >= 15 is 0 Å². The maximum absolute atomic E-state index is 10.4. The Hall–Kier alpha value is -0.990. The molecule has 0 unspecified atom stereocenters. The van der Waals surface area contributed by atoms with Gasteiger partial charge in [-0.2, -0.15) is 0 Å². The number of rotatable bonds is 5. The Balaban J connectivity index is 2.62. The van der Waals surface area contributed by atoms with Gasteiger partial charge in [0, 0.05) is 11.4 Å². The summed E-state index contributed by atoms with van der Waals surface area (Å²) in [5.41, 5.74) is 0.531. The van der Waals surface area contributed by atoms with Crippen molar-refractivity contribution in [1.82, 2.24) is 0 Å². The molecule has 1 aromatic rings.